The Kier molecular flexibility index (Phi) is 5.23. The van der Waals surface area contributed by atoms with Gasteiger partial charge in [0.2, 0.25) is 5.91 Å². The van der Waals surface area contributed by atoms with Crippen molar-refractivity contribution in [1.82, 2.24) is 5.32 Å². The molecule has 15 heavy (non-hydrogen) atoms. The van der Waals surface area contributed by atoms with Gasteiger partial charge < -0.3 is 11.1 Å². The van der Waals surface area contributed by atoms with Gasteiger partial charge in [0.15, 0.2) is 9.84 Å². The molecule has 0 heterocycles. The molecule has 0 aliphatic rings. The van der Waals surface area contributed by atoms with Gasteiger partial charge in [-0.3, -0.25) is 4.79 Å². The summed E-state index contributed by atoms with van der Waals surface area (Å²) in [7, 11) is -3.44. The Morgan fingerprint density at radius 3 is 2.07 bits per heavy atom. The third-order valence-electron chi connectivity index (χ3n) is 1.83. The largest absolute Gasteiger partial charge is 0.353 e. The average molecular weight is 236 g/mol. The van der Waals surface area contributed by atoms with Crippen LogP contribution >= 0.6 is 0 Å². The lowest BCUT2D eigenvalue weighted by atomic mass is 10.3. The van der Waals surface area contributed by atoms with Crippen molar-refractivity contribution in [1.29, 1.82) is 0 Å². The van der Waals surface area contributed by atoms with Crippen LogP contribution in [0.5, 0.6) is 0 Å². The Morgan fingerprint density at radius 1 is 1.27 bits per heavy atom. The van der Waals surface area contributed by atoms with Gasteiger partial charge in [0.05, 0.1) is 5.75 Å². The normalized spacial score (nSPS) is 16.1. The predicted molar refractivity (Wildman–Crippen MR) is 60.2 cm³/mol. The van der Waals surface area contributed by atoms with Crippen LogP contribution in [0.1, 0.15) is 27.7 Å². The molecule has 0 bridgehead atoms. The molecule has 0 spiro atoms. The highest BCUT2D eigenvalue weighted by atomic mass is 32.2. The van der Waals surface area contributed by atoms with Crippen LogP contribution in [0.25, 0.3) is 0 Å². The molecule has 0 aromatic rings. The van der Waals surface area contributed by atoms with Crippen molar-refractivity contribution in [3.8, 4) is 0 Å². The van der Waals surface area contributed by atoms with E-state index in [1.54, 1.807) is 20.8 Å². The first-order valence-electron chi connectivity index (χ1n) is 4.94. The van der Waals surface area contributed by atoms with Gasteiger partial charge in [0.1, 0.15) is 5.25 Å². The van der Waals surface area contributed by atoms with Crippen LogP contribution in [0.4, 0.5) is 0 Å². The lowest BCUT2D eigenvalue weighted by Gasteiger charge is -2.16. The fourth-order valence-corrected chi connectivity index (χ4v) is 2.49. The highest BCUT2D eigenvalue weighted by Gasteiger charge is 2.28. The van der Waals surface area contributed by atoms with Crippen LogP contribution in [0.15, 0.2) is 0 Å². The number of nitrogens with one attached hydrogen (secondary N) is 1. The molecule has 90 valence electrons. The zero-order valence-corrected chi connectivity index (χ0v) is 10.5. The lowest BCUT2D eigenvalue weighted by Crippen LogP contribution is -2.43. The van der Waals surface area contributed by atoms with Crippen LogP contribution in [0.2, 0.25) is 0 Å². The highest BCUT2D eigenvalue weighted by molar-refractivity contribution is 7.92. The van der Waals surface area contributed by atoms with E-state index in [4.69, 9.17) is 5.73 Å². The van der Waals surface area contributed by atoms with E-state index in [1.807, 2.05) is 0 Å². The molecule has 0 aliphatic heterocycles. The second kappa shape index (κ2) is 5.46. The van der Waals surface area contributed by atoms with Crippen molar-refractivity contribution in [2.45, 2.75) is 45.0 Å². The van der Waals surface area contributed by atoms with E-state index in [-0.39, 0.29) is 11.8 Å². The van der Waals surface area contributed by atoms with Crippen molar-refractivity contribution < 1.29 is 13.2 Å². The minimum atomic E-state index is -3.44. The van der Waals surface area contributed by atoms with Crippen LogP contribution in [0, 0.1) is 0 Å². The van der Waals surface area contributed by atoms with Crippen molar-refractivity contribution in [2.75, 3.05) is 5.75 Å². The number of hydrogen-bond donors (Lipinski definition) is 2. The first kappa shape index (κ1) is 14.4. The molecule has 0 fully saturated rings. The molecule has 0 saturated carbocycles. The van der Waals surface area contributed by atoms with Gasteiger partial charge in [0, 0.05) is 12.1 Å². The Bertz CT molecular complexity index is 309. The molecule has 2 atom stereocenters. The number of rotatable bonds is 5. The van der Waals surface area contributed by atoms with Crippen LogP contribution in [-0.4, -0.2) is 37.4 Å². The monoisotopic (exact) mass is 236 g/mol. The summed E-state index contributed by atoms with van der Waals surface area (Å²) in [6.45, 7) is 6.55. The molecule has 0 aliphatic carbocycles. The van der Waals surface area contributed by atoms with Crippen molar-refractivity contribution in [3.05, 3.63) is 0 Å². The van der Waals surface area contributed by atoms with Gasteiger partial charge in [0.25, 0.3) is 0 Å². The second-order valence-corrected chi connectivity index (χ2v) is 6.48. The van der Waals surface area contributed by atoms with E-state index >= 15 is 0 Å². The van der Waals surface area contributed by atoms with Gasteiger partial charge in [-0.05, 0) is 27.7 Å². The first-order valence-corrected chi connectivity index (χ1v) is 6.66. The standard InChI is InChI=1S/C9H20N2O3S/c1-6(2)11-9(12)8(4)15(13,14)5-7(3)10/h6-8H,5,10H2,1-4H3,(H,11,12). The number of carbonyl (C=O) groups excluding carboxylic acids is 1. The number of amides is 1. The summed E-state index contributed by atoms with van der Waals surface area (Å²) in [6, 6.07) is -0.519. The Balaban J connectivity index is 4.56. The number of sulfone groups is 1. The maximum atomic E-state index is 11.6. The van der Waals surface area contributed by atoms with Crippen LogP contribution < -0.4 is 11.1 Å². The summed E-state index contributed by atoms with van der Waals surface area (Å²) in [4.78, 5) is 11.5. The molecule has 0 rings (SSSR count). The Labute approximate surface area is 91.3 Å². The van der Waals surface area contributed by atoms with Crippen molar-refractivity contribution in [3.63, 3.8) is 0 Å². The summed E-state index contributed by atoms with van der Waals surface area (Å²) < 4.78 is 23.2. The zero-order chi connectivity index (χ0) is 12.2. The van der Waals surface area contributed by atoms with Crippen molar-refractivity contribution >= 4 is 15.7 Å². The summed E-state index contributed by atoms with van der Waals surface area (Å²) >= 11 is 0. The van der Waals surface area contributed by atoms with E-state index in [2.05, 4.69) is 5.32 Å². The third-order valence-corrected chi connectivity index (χ3v) is 4.12. The molecule has 6 heteroatoms. The predicted octanol–water partition coefficient (Wildman–Crippen LogP) is -0.338. The summed E-state index contributed by atoms with van der Waals surface area (Å²) in [5.74, 6) is -0.634. The van der Waals surface area contributed by atoms with E-state index < -0.39 is 27.0 Å². The molecule has 0 aromatic heterocycles. The topological polar surface area (TPSA) is 89.3 Å². The molecule has 3 N–H and O–H groups in total. The minimum Gasteiger partial charge on any atom is -0.353 e. The first-order chi connectivity index (χ1) is 6.66. The third kappa shape index (κ3) is 5.13. The number of hydrogen-bond acceptors (Lipinski definition) is 4. The van der Waals surface area contributed by atoms with E-state index in [0.29, 0.717) is 0 Å². The fraction of sp³-hybridized carbons (Fsp3) is 0.889. The summed E-state index contributed by atoms with van der Waals surface area (Å²) in [6.07, 6.45) is 0. The molecule has 0 radical (unpaired) electrons. The second-order valence-electron chi connectivity index (χ2n) is 4.11. The Morgan fingerprint density at radius 2 is 1.73 bits per heavy atom. The van der Waals surface area contributed by atoms with Gasteiger partial charge in [-0.1, -0.05) is 0 Å². The molecule has 0 aromatic carbocycles. The quantitative estimate of drug-likeness (QED) is 0.683. The van der Waals surface area contributed by atoms with E-state index in [9.17, 15) is 13.2 Å². The lowest BCUT2D eigenvalue weighted by molar-refractivity contribution is -0.120. The smallest absolute Gasteiger partial charge is 0.238 e. The van der Waals surface area contributed by atoms with Gasteiger partial charge in [-0.25, -0.2) is 8.42 Å². The Hall–Kier alpha value is -0.620. The average Bonchev–Trinajstić information content (AvgIpc) is 1.98. The van der Waals surface area contributed by atoms with Gasteiger partial charge >= 0.3 is 0 Å². The molecule has 2 unspecified atom stereocenters. The van der Waals surface area contributed by atoms with Gasteiger partial charge in [-0.15, -0.1) is 0 Å². The molecular formula is C9H20N2O3S. The molecule has 1 amide bonds. The van der Waals surface area contributed by atoms with Gasteiger partial charge in [-0.2, -0.15) is 0 Å². The maximum absolute atomic E-state index is 11.6. The molecule has 0 saturated heterocycles. The van der Waals surface area contributed by atoms with E-state index in [1.165, 1.54) is 6.92 Å². The highest BCUT2D eigenvalue weighted by Crippen LogP contribution is 2.04. The zero-order valence-electron chi connectivity index (χ0n) is 9.65. The number of carbonyl (C=O) groups is 1. The summed E-state index contributed by atoms with van der Waals surface area (Å²) in [5, 5.41) is 1.53. The maximum Gasteiger partial charge on any atom is 0.238 e. The molecule has 5 nitrogen and oxygen atoms in total. The SMILES string of the molecule is CC(N)CS(=O)(=O)C(C)C(=O)NC(C)C. The van der Waals surface area contributed by atoms with Crippen LogP contribution in [0.3, 0.4) is 0 Å². The summed E-state index contributed by atoms with van der Waals surface area (Å²) in [5.41, 5.74) is 5.41. The number of nitrogens with two attached hydrogens (primary N) is 1. The van der Waals surface area contributed by atoms with Crippen molar-refractivity contribution in [2.24, 2.45) is 5.73 Å². The fourth-order valence-electron chi connectivity index (χ4n) is 1.08. The minimum absolute atomic E-state index is 0.0644. The van der Waals surface area contributed by atoms with E-state index in [0.717, 1.165) is 0 Å². The molecular weight excluding hydrogens is 216 g/mol. The van der Waals surface area contributed by atoms with Crippen LogP contribution in [-0.2, 0) is 14.6 Å².